The molecule has 0 bridgehead atoms. The van der Waals surface area contributed by atoms with Gasteiger partial charge in [-0.3, -0.25) is 0 Å². The Morgan fingerprint density at radius 1 is 1.26 bits per heavy atom. The lowest BCUT2D eigenvalue weighted by Crippen LogP contribution is -2.55. The van der Waals surface area contributed by atoms with Crippen molar-refractivity contribution < 1.29 is 9.53 Å². The summed E-state index contributed by atoms with van der Waals surface area (Å²) in [6.45, 7) is 5.65. The predicted molar refractivity (Wildman–Crippen MR) is 88.2 cm³/mol. The van der Waals surface area contributed by atoms with Crippen LogP contribution in [0.1, 0.15) is 58.9 Å². The first-order chi connectivity index (χ1) is 10.9. The molecule has 2 unspecified atom stereocenters. The van der Waals surface area contributed by atoms with Gasteiger partial charge in [-0.15, -0.1) is 0 Å². The van der Waals surface area contributed by atoms with E-state index in [4.69, 9.17) is 4.74 Å². The van der Waals surface area contributed by atoms with Crippen LogP contribution in [0.4, 0.5) is 4.79 Å². The summed E-state index contributed by atoms with van der Waals surface area (Å²) in [7, 11) is 0. The van der Waals surface area contributed by atoms with E-state index in [9.17, 15) is 4.79 Å². The summed E-state index contributed by atoms with van der Waals surface area (Å²) in [5.74, 6) is 0. The highest BCUT2D eigenvalue weighted by Gasteiger charge is 2.36. The number of nitrogens with one attached hydrogen (secondary N) is 2. The molecule has 1 amide bonds. The van der Waals surface area contributed by atoms with Crippen molar-refractivity contribution in [1.29, 1.82) is 0 Å². The summed E-state index contributed by atoms with van der Waals surface area (Å²) in [6.07, 6.45) is 11.1. The molecular weight excluding hydrogens is 292 g/mol. The van der Waals surface area contributed by atoms with E-state index in [-0.39, 0.29) is 12.1 Å². The van der Waals surface area contributed by atoms with Gasteiger partial charge in [-0.2, -0.15) is 0 Å². The first-order valence-corrected chi connectivity index (χ1v) is 8.64. The Bertz CT molecular complexity index is 517. The lowest BCUT2D eigenvalue weighted by atomic mass is 9.86. The Morgan fingerprint density at radius 2 is 2.04 bits per heavy atom. The van der Waals surface area contributed by atoms with Crippen molar-refractivity contribution in [1.82, 2.24) is 20.2 Å². The van der Waals surface area contributed by atoms with Gasteiger partial charge in [0, 0.05) is 36.6 Å². The molecule has 2 N–H and O–H groups in total. The highest BCUT2D eigenvalue weighted by molar-refractivity contribution is 5.68. The topological polar surface area (TPSA) is 68.2 Å². The van der Waals surface area contributed by atoms with E-state index in [1.54, 1.807) is 0 Å². The Morgan fingerprint density at radius 3 is 2.70 bits per heavy atom. The minimum absolute atomic E-state index is 0.232. The monoisotopic (exact) mass is 320 g/mol. The lowest BCUT2D eigenvalue weighted by Gasteiger charge is -2.39. The molecule has 0 saturated heterocycles. The first-order valence-electron chi connectivity index (χ1n) is 8.64. The van der Waals surface area contributed by atoms with Crippen LogP contribution < -0.4 is 10.6 Å². The number of hydrogen-bond acceptors (Lipinski definition) is 4. The third-order valence-electron chi connectivity index (χ3n) is 4.70. The molecule has 2 aliphatic rings. The first kappa shape index (κ1) is 16.3. The van der Waals surface area contributed by atoms with Crippen molar-refractivity contribution in [2.45, 2.75) is 82.6 Å². The number of ether oxygens (including phenoxy) is 1. The molecule has 2 saturated carbocycles. The van der Waals surface area contributed by atoms with Gasteiger partial charge in [-0.05, 0) is 52.9 Å². The average molecular weight is 320 g/mol. The minimum atomic E-state index is -0.437. The number of amides is 1. The Hall–Kier alpha value is -1.56. The fourth-order valence-corrected chi connectivity index (χ4v) is 3.61. The number of nitrogens with zero attached hydrogens (tertiary/aromatic N) is 2. The molecule has 6 heteroatoms. The normalized spacial score (nSPS) is 30.7. The molecule has 6 nitrogen and oxygen atoms in total. The van der Waals surface area contributed by atoms with Crippen LogP contribution in [0.2, 0.25) is 0 Å². The second-order valence-corrected chi connectivity index (χ2v) is 7.79. The van der Waals surface area contributed by atoms with Gasteiger partial charge in [0.05, 0.1) is 6.33 Å². The molecule has 3 rings (SSSR count). The van der Waals surface area contributed by atoms with E-state index in [1.165, 1.54) is 19.3 Å². The van der Waals surface area contributed by atoms with Crippen LogP contribution in [0, 0.1) is 0 Å². The molecule has 2 atom stereocenters. The number of carbonyl (C=O) groups excluding carboxylic acids is 1. The SMILES string of the molecule is CC(C)(C)OC(=O)NC1CC(NC2CCCC2n2ccnc2)C1. The second kappa shape index (κ2) is 6.51. The van der Waals surface area contributed by atoms with Gasteiger partial charge < -0.3 is 19.9 Å². The molecule has 2 aliphatic carbocycles. The van der Waals surface area contributed by atoms with E-state index >= 15 is 0 Å². The molecule has 1 aromatic rings. The minimum Gasteiger partial charge on any atom is -0.444 e. The van der Waals surface area contributed by atoms with Crippen molar-refractivity contribution in [2.75, 3.05) is 0 Å². The van der Waals surface area contributed by atoms with E-state index in [2.05, 4.69) is 26.4 Å². The molecule has 0 radical (unpaired) electrons. The summed E-state index contributed by atoms with van der Waals surface area (Å²) in [5, 5.41) is 6.71. The predicted octanol–water partition coefficient (Wildman–Crippen LogP) is 2.62. The van der Waals surface area contributed by atoms with Crippen LogP contribution in [0.5, 0.6) is 0 Å². The molecule has 0 aliphatic heterocycles. The highest BCUT2D eigenvalue weighted by Crippen LogP contribution is 2.32. The molecular formula is C17H28N4O2. The number of rotatable bonds is 4. The van der Waals surface area contributed by atoms with Gasteiger partial charge in [0.25, 0.3) is 0 Å². The Kier molecular flexibility index (Phi) is 4.62. The molecule has 128 valence electrons. The van der Waals surface area contributed by atoms with E-state index in [1.807, 2.05) is 33.3 Å². The fraction of sp³-hybridized carbons (Fsp3) is 0.765. The maximum absolute atomic E-state index is 11.8. The number of imidazole rings is 1. The zero-order valence-corrected chi connectivity index (χ0v) is 14.3. The van der Waals surface area contributed by atoms with Crippen LogP contribution >= 0.6 is 0 Å². The summed E-state index contributed by atoms with van der Waals surface area (Å²) in [4.78, 5) is 15.9. The summed E-state index contributed by atoms with van der Waals surface area (Å²) >= 11 is 0. The second-order valence-electron chi connectivity index (χ2n) is 7.79. The maximum atomic E-state index is 11.8. The molecule has 1 aromatic heterocycles. The van der Waals surface area contributed by atoms with Crippen LogP contribution in [0.25, 0.3) is 0 Å². The third-order valence-corrected chi connectivity index (χ3v) is 4.70. The third kappa shape index (κ3) is 4.25. The molecule has 1 heterocycles. The van der Waals surface area contributed by atoms with Crippen molar-refractivity contribution >= 4 is 6.09 Å². The summed E-state index contributed by atoms with van der Waals surface area (Å²) in [5.41, 5.74) is -0.437. The number of carbonyl (C=O) groups is 1. The van der Waals surface area contributed by atoms with Crippen molar-refractivity contribution in [3.8, 4) is 0 Å². The van der Waals surface area contributed by atoms with Gasteiger partial charge in [0.2, 0.25) is 0 Å². The smallest absolute Gasteiger partial charge is 0.407 e. The van der Waals surface area contributed by atoms with E-state index in [0.717, 1.165) is 12.8 Å². The van der Waals surface area contributed by atoms with Crippen LogP contribution in [0.15, 0.2) is 18.7 Å². The van der Waals surface area contributed by atoms with Gasteiger partial charge in [-0.1, -0.05) is 0 Å². The molecule has 0 aromatic carbocycles. The fourth-order valence-electron chi connectivity index (χ4n) is 3.61. The summed E-state index contributed by atoms with van der Waals surface area (Å²) in [6, 6.07) is 1.74. The molecule has 0 spiro atoms. The number of alkyl carbamates (subject to hydrolysis) is 1. The van der Waals surface area contributed by atoms with Crippen molar-refractivity contribution in [2.24, 2.45) is 0 Å². The number of hydrogen-bond donors (Lipinski definition) is 2. The van der Waals surface area contributed by atoms with Crippen molar-refractivity contribution in [3.63, 3.8) is 0 Å². The Labute approximate surface area is 138 Å². The quantitative estimate of drug-likeness (QED) is 0.895. The van der Waals surface area contributed by atoms with E-state index < -0.39 is 5.60 Å². The molecule has 23 heavy (non-hydrogen) atoms. The Balaban J connectivity index is 1.41. The maximum Gasteiger partial charge on any atom is 0.407 e. The van der Waals surface area contributed by atoms with Crippen LogP contribution in [-0.4, -0.2) is 39.4 Å². The van der Waals surface area contributed by atoms with Gasteiger partial charge in [0.15, 0.2) is 0 Å². The van der Waals surface area contributed by atoms with E-state index in [0.29, 0.717) is 18.1 Å². The highest BCUT2D eigenvalue weighted by atomic mass is 16.6. The van der Waals surface area contributed by atoms with Gasteiger partial charge >= 0.3 is 6.09 Å². The van der Waals surface area contributed by atoms with Gasteiger partial charge in [-0.25, -0.2) is 9.78 Å². The standard InChI is InChI=1S/C17H28N4O2/c1-17(2,3)23-16(22)20-13-9-12(10-13)19-14-5-4-6-15(14)21-8-7-18-11-21/h7-8,11-15,19H,4-6,9-10H2,1-3H3,(H,20,22). The zero-order chi connectivity index (χ0) is 16.4. The van der Waals surface area contributed by atoms with Crippen LogP contribution in [0.3, 0.4) is 0 Å². The number of aromatic nitrogens is 2. The van der Waals surface area contributed by atoms with Gasteiger partial charge in [0.1, 0.15) is 5.60 Å². The average Bonchev–Trinajstić information content (AvgIpc) is 3.03. The lowest BCUT2D eigenvalue weighted by molar-refractivity contribution is 0.0461. The van der Waals surface area contributed by atoms with Crippen LogP contribution in [-0.2, 0) is 4.74 Å². The summed E-state index contributed by atoms with van der Waals surface area (Å²) < 4.78 is 7.52. The zero-order valence-electron chi connectivity index (χ0n) is 14.3. The molecule has 2 fully saturated rings. The largest absolute Gasteiger partial charge is 0.444 e. The van der Waals surface area contributed by atoms with Crippen molar-refractivity contribution in [3.05, 3.63) is 18.7 Å².